The van der Waals surface area contributed by atoms with Crippen molar-refractivity contribution in [2.75, 3.05) is 5.32 Å². The Kier molecular flexibility index (Phi) is 3.38. The van der Waals surface area contributed by atoms with Crippen LogP contribution in [0.5, 0.6) is 0 Å². The molecule has 92 valence electrons. The Morgan fingerprint density at radius 1 is 1.28 bits per heavy atom. The average molecular weight is 245 g/mol. The van der Waals surface area contributed by atoms with Crippen molar-refractivity contribution in [3.63, 3.8) is 0 Å². The molecule has 1 amide bonds. The number of nitrogens with one attached hydrogen (secondary N) is 1. The summed E-state index contributed by atoms with van der Waals surface area (Å²) in [5, 5.41) is 15.0. The first-order valence-corrected chi connectivity index (χ1v) is 5.26. The van der Waals surface area contributed by atoms with Crippen LogP contribution in [0.3, 0.4) is 0 Å². The summed E-state index contributed by atoms with van der Waals surface area (Å²) in [4.78, 5) is 22.3. The van der Waals surface area contributed by atoms with Crippen LogP contribution < -0.4 is 5.32 Å². The van der Waals surface area contributed by atoms with E-state index in [1.807, 2.05) is 6.07 Å². The van der Waals surface area contributed by atoms with Crippen LogP contribution in [0.15, 0.2) is 42.7 Å². The third kappa shape index (κ3) is 2.94. The molecular weight excluding hydrogens is 234 g/mol. The number of aromatic nitrogens is 2. The molecule has 0 aliphatic heterocycles. The molecule has 0 aliphatic carbocycles. The Bertz CT molecular complexity index is 563. The zero-order valence-electron chi connectivity index (χ0n) is 9.41. The number of hydrogen-bond acceptors (Lipinski definition) is 3. The largest absolute Gasteiger partial charge is 0.480 e. The zero-order chi connectivity index (χ0) is 13.0. The van der Waals surface area contributed by atoms with Crippen LogP contribution in [-0.4, -0.2) is 26.8 Å². The number of carboxylic acids is 1. The molecule has 2 aromatic rings. The molecule has 1 aromatic heterocycles. The minimum Gasteiger partial charge on any atom is -0.480 e. The van der Waals surface area contributed by atoms with Gasteiger partial charge in [-0.3, -0.25) is 14.3 Å². The highest BCUT2D eigenvalue weighted by atomic mass is 16.4. The van der Waals surface area contributed by atoms with E-state index in [4.69, 9.17) is 5.11 Å². The molecule has 0 spiro atoms. The van der Waals surface area contributed by atoms with Gasteiger partial charge < -0.3 is 10.4 Å². The number of amides is 1. The summed E-state index contributed by atoms with van der Waals surface area (Å²) in [5.41, 5.74) is 0.994. The van der Waals surface area contributed by atoms with E-state index in [-0.39, 0.29) is 12.5 Å². The Hall–Kier alpha value is -2.63. The summed E-state index contributed by atoms with van der Waals surface area (Å²) in [7, 11) is 0. The smallest absolute Gasteiger partial charge is 0.325 e. The fourth-order valence-electron chi connectivity index (χ4n) is 1.45. The summed E-state index contributed by atoms with van der Waals surface area (Å²) in [6.45, 7) is -0.235. The number of benzene rings is 1. The minimum atomic E-state index is -0.987. The molecule has 6 nitrogen and oxygen atoms in total. The summed E-state index contributed by atoms with van der Waals surface area (Å²) in [6, 6.07) is 8.74. The molecule has 0 saturated carbocycles. The molecule has 0 bridgehead atoms. The second-order valence-corrected chi connectivity index (χ2v) is 3.64. The first-order chi connectivity index (χ1) is 8.65. The van der Waals surface area contributed by atoms with Gasteiger partial charge in [0.25, 0.3) is 5.91 Å². The molecule has 0 atom stereocenters. The van der Waals surface area contributed by atoms with Crippen LogP contribution in [-0.2, 0) is 11.3 Å². The second-order valence-electron chi connectivity index (χ2n) is 3.64. The lowest BCUT2D eigenvalue weighted by Gasteiger charge is -2.01. The topological polar surface area (TPSA) is 84.2 Å². The number of hydrogen-bond donors (Lipinski definition) is 2. The molecule has 18 heavy (non-hydrogen) atoms. The van der Waals surface area contributed by atoms with E-state index < -0.39 is 5.97 Å². The van der Waals surface area contributed by atoms with Gasteiger partial charge in [-0.2, -0.15) is 5.10 Å². The second kappa shape index (κ2) is 5.13. The van der Waals surface area contributed by atoms with Gasteiger partial charge >= 0.3 is 5.97 Å². The van der Waals surface area contributed by atoms with Gasteiger partial charge in [0, 0.05) is 11.8 Å². The molecule has 0 radical (unpaired) electrons. The minimum absolute atomic E-state index is 0.235. The van der Waals surface area contributed by atoms with Gasteiger partial charge in [-0.05, 0) is 12.1 Å². The van der Waals surface area contributed by atoms with Crippen molar-refractivity contribution < 1.29 is 14.7 Å². The first kappa shape index (κ1) is 11.8. The number of rotatable bonds is 4. The summed E-state index contributed by atoms with van der Waals surface area (Å²) in [5.74, 6) is -1.25. The van der Waals surface area contributed by atoms with Crippen molar-refractivity contribution >= 4 is 17.6 Å². The molecule has 2 N–H and O–H groups in total. The predicted octanol–water partition coefficient (Wildman–Crippen LogP) is 1.22. The van der Waals surface area contributed by atoms with Crippen molar-refractivity contribution in [1.29, 1.82) is 0 Å². The molecule has 0 fully saturated rings. The standard InChI is InChI=1S/C12H11N3O3/c16-11(17)8-15-7-10(6-13-15)14-12(18)9-4-2-1-3-5-9/h1-7H,8H2,(H,14,18)(H,16,17). The third-order valence-corrected chi connectivity index (χ3v) is 2.22. The first-order valence-electron chi connectivity index (χ1n) is 5.26. The molecule has 2 rings (SSSR count). The van der Waals surface area contributed by atoms with Gasteiger partial charge in [-0.1, -0.05) is 18.2 Å². The molecule has 0 saturated heterocycles. The molecule has 1 heterocycles. The van der Waals surface area contributed by atoms with E-state index in [0.717, 1.165) is 0 Å². The van der Waals surface area contributed by atoms with Gasteiger partial charge in [-0.25, -0.2) is 0 Å². The SMILES string of the molecule is O=C(O)Cn1cc(NC(=O)c2ccccc2)cn1. The Morgan fingerprint density at radius 3 is 2.67 bits per heavy atom. The average Bonchev–Trinajstić information content (AvgIpc) is 2.76. The summed E-state index contributed by atoms with van der Waals surface area (Å²) in [6.07, 6.45) is 2.87. The van der Waals surface area contributed by atoms with E-state index in [9.17, 15) is 9.59 Å². The maximum Gasteiger partial charge on any atom is 0.325 e. The van der Waals surface area contributed by atoms with Crippen LogP contribution >= 0.6 is 0 Å². The maximum absolute atomic E-state index is 11.8. The zero-order valence-corrected chi connectivity index (χ0v) is 9.41. The van der Waals surface area contributed by atoms with E-state index in [1.54, 1.807) is 24.3 Å². The van der Waals surface area contributed by atoms with Gasteiger partial charge in [0.1, 0.15) is 6.54 Å². The number of anilines is 1. The van der Waals surface area contributed by atoms with Crippen molar-refractivity contribution in [2.24, 2.45) is 0 Å². The number of aliphatic carboxylic acids is 1. The molecule has 0 aliphatic rings. The van der Waals surface area contributed by atoms with Crippen LogP contribution in [0.4, 0.5) is 5.69 Å². The fourth-order valence-corrected chi connectivity index (χ4v) is 1.45. The number of carbonyl (C=O) groups is 2. The lowest BCUT2D eigenvalue weighted by molar-refractivity contribution is -0.137. The molecular formula is C12H11N3O3. The fraction of sp³-hybridized carbons (Fsp3) is 0.0833. The van der Waals surface area contributed by atoms with E-state index in [0.29, 0.717) is 11.3 Å². The Morgan fingerprint density at radius 2 is 2.00 bits per heavy atom. The number of carboxylic acid groups (broad SMARTS) is 1. The van der Waals surface area contributed by atoms with E-state index in [1.165, 1.54) is 17.1 Å². The van der Waals surface area contributed by atoms with Crippen molar-refractivity contribution in [3.8, 4) is 0 Å². The van der Waals surface area contributed by atoms with Crippen LogP contribution in [0.2, 0.25) is 0 Å². The summed E-state index contributed by atoms with van der Waals surface area (Å²) >= 11 is 0. The Labute approximate surface area is 103 Å². The number of nitrogens with zero attached hydrogens (tertiary/aromatic N) is 2. The van der Waals surface area contributed by atoms with Crippen LogP contribution in [0.1, 0.15) is 10.4 Å². The van der Waals surface area contributed by atoms with Gasteiger partial charge in [0.2, 0.25) is 0 Å². The van der Waals surface area contributed by atoms with Crippen molar-refractivity contribution in [1.82, 2.24) is 9.78 Å². The monoisotopic (exact) mass is 245 g/mol. The maximum atomic E-state index is 11.8. The van der Waals surface area contributed by atoms with Crippen molar-refractivity contribution in [3.05, 3.63) is 48.3 Å². The highest BCUT2D eigenvalue weighted by Gasteiger charge is 2.07. The Balaban J connectivity index is 2.04. The lowest BCUT2D eigenvalue weighted by atomic mass is 10.2. The lowest BCUT2D eigenvalue weighted by Crippen LogP contribution is -2.11. The van der Waals surface area contributed by atoms with Crippen LogP contribution in [0, 0.1) is 0 Å². The van der Waals surface area contributed by atoms with Crippen molar-refractivity contribution in [2.45, 2.75) is 6.54 Å². The predicted molar refractivity (Wildman–Crippen MR) is 64.3 cm³/mol. The highest BCUT2D eigenvalue weighted by molar-refractivity contribution is 6.04. The van der Waals surface area contributed by atoms with Gasteiger partial charge in [0.15, 0.2) is 0 Å². The van der Waals surface area contributed by atoms with E-state index >= 15 is 0 Å². The number of carbonyl (C=O) groups excluding carboxylic acids is 1. The highest BCUT2D eigenvalue weighted by Crippen LogP contribution is 2.08. The molecule has 0 unspecified atom stereocenters. The van der Waals surface area contributed by atoms with Crippen LogP contribution in [0.25, 0.3) is 0 Å². The molecule has 6 heteroatoms. The molecule has 1 aromatic carbocycles. The normalized spacial score (nSPS) is 10.0. The quantitative estimate of drug-likeness (QED) is 0.848. The van der Waals surface area contributed by atoms with Gasteiger partial charge in [0.05, 0.1) is 11.9 Å². The van der Waals surface area contributed by atoms with Gasteiger partial charge in [-0.15, -0.1) is 0 Å². The van der Waals surface area contributed by atoms with E-state index in [2.05, 4.69) is 10.4 Å². The third-order valence-electron chi connectivity index (χ3n) is 2.22. The summed E-state index contributed by atoms with van der Waals surface area (Å²) < 4.78 is 1.24.